The van der Waals surface area contributed by atoms with Gasteiger partial charge in [-0.2, -0.15) is 4.39 Å². The number of alkyl halides is 1. The van der Waals surface area contributed by atoms with Gasteiger partial charge in [0.05, 0.1) is 11.6 Å². The van der Waals surface area contributed by atoms with Gasteiger partial charge in [0, 0.05) is 17.9 Å². The molecule has 2 nitrogen and oxygen atoms in total. The number of rotatable bonds is 1. The summed E-state index contributed by atoms with van der Waals surface area (Å²) in [4.78, 5) is 11.5. The molecule has 82 valence electrons. The molecular formula is C12H9F2NO. The number of para-hydroxylation sites is 1. The van der Waals surface area contributed by atoms with E-state index in [2.05, 4.69) is 0 Å². The third-order valence-corrected chi connectivity index (χ3v) is 2.92. The largest absolute Gasteiger partial charge is 0.311 e. The van der Waals surface area contributed by atoms with E-state index in [4.69, 9.17) is 0 Å². The van der Waals surface area contributed by atoms with Crippen LogP contribution >= 0.6 is 0 Å². The number of benzene rings is 1. The standard InChI is InChI=1S/C12H9F2NO/c13-8-5-10(8)15-9-4-2-1-3-7(9)11(16)6-12(15)14/h1-4,6,8,10H,5H2/t8-,10+/m0/s1. The van der Waals surface area contributed by atoms with E-state index < -0.39 is 18.2 Å². The SMILES string of the molecule is O=c1cc(F)n([C@@H]2C[C@@H]2F)c2ccccc12. The molecular weight excluding hydrogens is 212 g/mol. The van der Waals surface area contributed by atoms with Gasteiger partial charge in [-0.05, 0) is 12.1 Å². The van der Waals surface area contributed by atoms with E-state index in [9.17, 15) is 13.6 Å². The molecule has 2 aromatic rings. The molecule has 2 atom stereocenters. The molecule has 1 aromatic carbocycles. The number of hydrogen-bond donors (Lipinski definition) is 0. The molecule has 3 rings (SSSR count). The van der Waals surface area contributed by atoms with Gasteiger partial charge in [-0.15, -0.1) is 0 Å². The van der Waals surface area contributed by atoms with Crippen LogP contribution < -0.4 is 5.43 Å². The van der Waals surface area contributed by atoms with Gasteiger partial charge in [0.25, 0.3) is 0 Å². The van der Waals surface area contributed by atoms with Gasteiger partial charge in [-0.3, -0.25) is 4.79 Å². The zero-order chi connectivity index (χ0) is 11.3. The van der Waals surface area contributed by atoms with Gasteiger partial charge in [-0.25, -0.2) is 4.39 Å². The number of hydrogen-bond acceptors (Lipinski definition) is 1. The molecule has 1 fully saturated rings. The minimum absolute atomic E-state index is 0.323. The van der Waals surface area contributed by atoms with Crippen molar-refractivity contribution in [3.63, 3.8) is 0 Å². The third kappa shape index (κ3) is 1.26. The predicted molar refractivity (Wildman–Crippen MR) is 56.7 cm³/mol. The molecule has 1 aliphatic rings. The molecule has 16 heavy (non-hydrogen) atoms. The lowest BCUT2D eigenvalue weighted by molar-refractivity contribution is 0.416. The minimum atomic E-state index is -1.000. The lowest BCUT2D eigenvalue weighted by atomic mass is 10.2. The molecule has 0 radical (unpaired) electrons. The molecule has 1 aromatic heterocycles. The highest BCUT2D eigenvalue weighted by atomic mass is 19.1. The fourth-order valence-corrected chi connectivity index (χ4v) is 2.02. The predicted octanol–water partition coefficient (Wildman–Crippen LogP) is 2.42. The molecule has 0 N–H and O–H groups in total. The highest BCUT2D eigenvalue weighted by Gasteiger charge is 2.40. The molecule has 0 bridgehead atoms. The van der Waals surface area contributed by atoms with Crippen LogP contribution in [-0.2, 0) is 0 Å². The molecule has 1 aliphatic carbocycles. The Labute approximate surface area is 90.1 Å². The van der Waals surface area contributed by atoms with Gasteiger partial charge in [0.1, 0.15) is 6.17 Å². The first-order valence-electron chi connectivity index (χ1n) is 5.12. The number of nitrogens with zero attached hydrogens (tertiary/aromatic N) is 1. The normalized spacial score (nSPS) is 23.6. The zero-order valence-electron chi connectivity index (χ0n) is 8.36. The Bertz CT molecular complexity index is 620. The van der Waals surface area contributed by atoms with E-state index in [1.807, 2.05) is 0 Å². The van der Waals surface area contributed by atoms with Gasteiger partial charge < -0.3 is 4.57 Å². The smallest absolute Gasteiger partial charge is 0.198 e. The Kier molecular flexibility index (Phi) is 1.87. The van der Waals surface area contributed by atoms with E-state index >= 15 is 0 Å². The highest BCUT2D eigenvalue weighted by molar-refractivity contribution is 5.79. The second kappa shape index (κ2) is 3.14. The minimum Gasteiger partial charge on any atom is -0.311 e. The van der Waals surface area contributed by atoms with Crippen LogP contribution in [0, 0.1) is 5.95 Å². The Hall–Kier alpha value is -1.71. The second-order valence-electron chi connectivity index (χ2n) is 4.04. The second-order valence-corrected chi connectivity index (χ2v) is 4.04. The summed E-state index contributed by atoms with van der Waals surface area (Å²) < 4.78 is 27.9. The summed E-state index contributed by atoms with van der Waals surface area (Å²) in [6.07, 6.45) is -0.676. The average molecular weight is 221 g/mol. The van der Waals surface area contributed by atoms with Crippen molar-refractivity contribution in [3.05, 3.63) is 46.5 Å². The maximum absolute atomic E-state index is 13.6. The summed E-state index contributed by atoms with van der Waals surface area (Å²) in [5, 5.41) is 0.433. The van der Waals surface area contributed by atoms with Gasteiger partial charge in [0.15, 0.2) is 11.4 Å². The first-order chi connectivity index (χ1) is 7.68. The molecule has 0 unspecified atom stereocenters. The number of fused-ring (bicyclic) bond motifs is 1. The van der Waals surface area contributed by atoms with Crippen LogP contribution in [0.4, 0.5) is 8.78 Å². The van der Waals surface area contributed by atoms with E-state index in [0.29, 0.717) is 17.3 Å². The van der Waals surface area contributed by atoms with Gasteiger partial charge in [0.2, 0.25) is 0 Å². The van der Waals surface area contributed by atoms with Crippen LogP contribution in [0.1, 0.15) is 12.5 Å². The highest BCUT2D eigenvalue weighted by Crippen LogP contribution is 2.40. The van der Waals surface area contributed by atoms with E-state index in [-0.39, 0.29) is 5.43 Å². The number of halogens is 2. The first kappa shape index (κ1) is 9.51. The van der Waals surface area contributed by atoms with Crippen LogP contribution in [0.2, 0.25) is 0 Å². The lowest BCUT2D eigenvalue weighted by Crippen LogP contribution is -2.12. The third-order valence-electron chi connectivity index (χ3n) is 2.92. The molecule has 1 heterocycles. The fraction of sp³-hybridized carbons (Fsp3) is 0.250. The van der Waals surface area contributed by atoms with Crippen molar-refractivity contribution >= 4 is 10.9 Å². The van der Waals surface area contributed by atoms with Gasteiger partial charge in [-0.1, -0.05) is 12.1 Å². The van der Waals surface area contributed by atoms with Crippen LogP contribution in [0.15, 0.2) is 35.1 Å². The summed E-state index contributed by atoms with van der Waals surface area (Å²) in [5.74, 6) is -0.658. The molecule has 0 amide bonds. The van der Waals surface area contributed by atoms with E-state index in [0.717, 1.165) is 6.07 Å². The van der Waals surface area contributed by atoms with Crippen molar-refractivity contribution < 1.29 is 8.78 Å². The molecule has 0 saturated heterocycles. The quantitative estimate of drug-likeness (QED) is 0.678. The molecule has 0 spiro atoms. The molecule has 4 heteroatoms. The lowest BCUT2D eigenvalue weighted by Gasteiger charge is -2.10. The summed E-state index contributed by atoms with van der Waals surface area (Å²) >= 11 is 0. The summed E-state index contributed by atoms with van der Waals surface area (Å²) in [6, 6.07) is 7.17. The summed E-state index contributed by atoms with van der Waals surface area (Å²) in [5.41, 5.74) is 0.109. The molecule has 0 aliphatic heterocycles. The van der Waals surface area contributed by atoms with E-state index in [1.165, 1.54) is 4.57 Å². The maximum atomic E-state index is 13.6. The van der Waals surface area contributed by atoms with Crippen LogP contribution in [-0.4, -0.2) is 10.7 Å². The Balaban J connectivity index is 2.38. The first-order valence-corrected chi connectivity index (χ1v) is 5.12. The zero-order valence-corrected chi connectivity index (χ0v) is 8.36. The Morgan fingerprint density at radius 1 is 1.31 bits per heavy atom. The molecule has 1 saturated carbocycles. The average Bonchev–Trinajstić information content (AvgIpc) is 2.95. The Morgan fingerprint density at radius 3 is 2.69 bits per heavy atom. The number of aromatic nitrogens is 1. The summed E-state index contributed by atoms with van der Waals surface area (Å²) in [6.45, 7) is 0. The Morgan fingerprint density at radius 2 is 2.00 bits per heavy atom. The van der Waals surface area contributed by atoms with Crippen molar-refractivity contribution in [3.8, 4) is 0 Å². The van der Waals surface area contributed by atoms with Crippen molar-refractivity contribution in [2.45, 2.75) is 18.6 Å². The maximum Gasteiger partial charge on any atom is 0.198 e. The van der Waals surface area contributed by atoms with Crippen LogP contribution in [0.5, 0.6) is 0 Å². The van der Waals surface area contributed by atoms with Crippen molar-refractivity contribution in [2.24, 2.45) is 0 Å². The van der Waals surface area contributed by atoms with Crippen molar-refractivity contribution in [1.29, 1.82) is 0 Å². The fourth-order valence-electron chi connectivity index (χ4n) is 2.02. The van der Waals surface area contributed by atoms with Crippen molar-refractivity contribution in [1.82, 2.24) is 4.57 Å². The summed E-state index contributed by atoms with van der Waals surface area (Å²) in [7, 11) is 0. The van der Waals surface area contributed by atoms with Crippen molar-refractivity contribution in [2.75, 3.05) is 0 Å². The van der Waals surface area contributed by atoms with Crippen LogP contribution in [0.3, 0.4) is 0 Å². The van der Waals surface area contributed by atoms with Crippen LogP contribution in [0.25, 0.3) is 10.9 Å². The van der Waals surface area contributed by atoms with E-state index in [1.54, 1.807) is 24.3 Å². The monoisotopic (exact) mass is 221 g/mol. The topological polar surface area (TPSA) is 22.0 Å². The number of pyridine rings is 1. The van der Waals surface area contributed by atoms with Gasteiger partial charge >= 0.3 is 0 Å².